The highest BCUT2D eigenvalue weighted by Gasteiger charge is 2.43. The number of benzene rings is 2. The van der Waals surface area contributed by atoms with E-state index < -0.39 is 30.9 Å². The molecule has 0 radical (unpaired) electrons. The van der Waals surface area contributed by atoms with E-state index in [4.69, 9.17) is 11.6 Å². The first kappa shape index (κ1) is 18.3. The number of halogens is 2. The van der Waals surface area contributed by atoms with Gasteiger partial charge in [-0.05, 0) is 42.0 Å². The van der Waals surface area contributed by atoms with Crippen LogP contribution in [0.5, 0.6) is 0 Å². The van der Waals surface area contributed by atoms with Crippen molar-refractivity contribution < 1.29 is 21.2 Å². The van der Waals surface area contributed by atoms with Crippen LogP contribution >= 0.6 is 11.6 Å². The van der Waals surface area contributed by atoms with Gasteiger partial charge in [0, 0.05) is 18.1 Å². The molecule has 1 heterocycles. The van der Waals surface area contributed by atoms with E-state index >= 15 is 0 Å². The Balaban J connectivity index is 1.68. The first-order valence-electron chi connectivity index (χ1n) is 7.40. The summed E-state index contributed by atoms with van der Waals surface area (Å²) in [4.78, 5) is 0.123. The van der Waals surface area contributed by atoms with Gasteiger partial charge in [0.05, 0.1) is 15.9 Å². The quantitative estimate of drug-likeness (QED) is 0.768. The molecule has 0 amide bonds. The molecule has 9 heteroatoms. The first-order valence-corrected chi connectivity index (χ1v) is 10.9. The second-order valence-corrected chi connectivity index (χ2v) is 10.5. The monoisotopic (exact) mass is 403 g/mol. The molecule has 3 rings (SSSR count). The molecule has 5 nitrogen and oxygen atoms in total. The lowest BCUT2D eigenvalue weighted by molar-refractivity contribution is 0.309. The van der Waals surface area contributed by atoms with Gasteiger partial charge >= 0.3 is 0 Å². The Morgan fingerprint density at radius 3 is 2.08 bits per heavy atom. The molecule has 1 fully saturated rings. The molecule has 25 heavy (non-hydrogen) atoms. The van der Waals surface area contributed by atoms with Crippen molar-refractivity contribution in [3.63, 3.8) is 0 Å². The van der Waals surface area contributed by atoms with E-state index in [1.54, 1.807) is 0 Å². The summed E-state index contributed by atoms with van der Waals surface area (Å²) in [6, 6.07) is 11.0. The van der Waals surface area contributed by atoms with Crippen LogP contribution in [0.25, 0.3) is 0 Å². The molecule has 0 N–H and O–H groups in total. The molecule has 0 aromatic heterocycles. The van der Waals surface area contributed by atoms with Crippen molar-refractivity contribution in [1.82, 2.24) is 4.31 Å². The van der Waals surface area contributed by atoms with Crippen molar-refractivity contribution in [2.75, 3.05) is 13.1 Å². The Morgan fingerprint density at radius 1 is 0.960 bits per heavy atom. The summed E-state index contributed by atoms with van der Waals surface area (Å²) in [6.45, 7) is -0.178. The Labute approximate surface area is 151 Å². The van der Waals surface area contributed by atoms with E-state index in [0.717, 1.165) is 4.31 Å². The minimum absolute atomic E-state index is 0.0888. The number of hydrogen-bond donors (Lipinski definition) is 0. The summed E-state index contributed by atoms with van der Waals surface area (Å²) in [7, 11) is -7.25. The van der Waals surface area contributed by atoms with Crippen molar-refractivity contribution in [2.24, 2.45) is 0 Å². The van der Waals surface area contributed by atoms with Gasteiger partial charge in [0.25, 0.3) is 0 Å². The lowest BCUT2D eigenvalue weighted by atomic mass is 10.2. The van der Waals surface area contributed by atoms with Gasteiger partial charge in [0.1, 0.15) is 5.82 Å². The van der Waals surface area contributed by atoms with Gasteiger partial charge in [-0.25, -0.2) is 21.2 Å². The zero-order valence-corrected chi connectivity index (χ0v) is 15.4. The van der Waals surface area contributed by atoms with Gasteiger partial charge in [-0.2, -0.15) is 4.31 Å². The number of nitrogens with zero attached hydrogens (tertiary/aromatic N) is 1. The molecular formula is C16H15ClFNO4S2. The van der Waals surface area contributed by atoms with Crippen LogP contribution in [0.15, 0.2) is 53.4 Å². The number of rotatable bonds is 5. The molecule has 1 aliphatic heterocycles. The van der Waals surface area contributed by atoms with Gasteiger partial charge in [0.2, 0.25) is 10.0 Å². The molecule has 134 valence electrons. The predicted molar refractivity (Wildman–Crippen MR) is 93.0 cm³/mol. The van der Waals surface area contributed by atoms with Gasteiger partial charge in [0.15, 0.2) is 9.84 Å². The van der Waals surface area contributed by atoms with Crippen LogP contribution in [-0.4, -0.2) is 39.5 Å². The molecule has 2 aromatic carbocycles. The van der Waals surface area contributed by atoms with Gasteiger partial charge in [-0.15, -0.1) is 0 Å². The van der Waals surface area contributed by atoms with E-state index in [0.29, 0.717) is 10.6 Å². The maximum atomic E-state index is 12.9. The molecule has 0 unspecified atom stereocenters. The average Bonchev–Trinajstić information content (AvgIpc) is 2.47. The average molecular weight is 404 g/mol. The van der Waals surface area contributed by atoms with Gasteiger partial charge in [-0.1, -0.05) is 23.7 Å². The summed E-state index contributed by atoms with van der Waals surface area (Å²) in [5.41, 5.74) is 0.449. The Hall–Kier alpha value is -1.48. The summed E-state index contributed by atoms with van der Waals surface area (Å²) >= 11 is 5.75. The molecule has 0 aliphatic carbocycles. The highest BCUT2D eigenvalue weighted by atomic mass is 35.5. The molecule has 0 spiro atoms. The van der Waals surface area contributed by atoms with Crippen LogP contribution in [0, 0.1) is 5.82 Å². The molecule has 2 aromatic rings. The molecular weight excluding hydrogens is 389 g/mol. The molecule has 1 saturated heterocycles. The van der Waals surface area contributed by atoms with Crippen molar-refractivity contribution in [3.8, 4) is 0 Å². The van der Waals surface area contributed by atoms with Crippen LogP contribution in [-0.2, 0) is 25.6 Å². The third-order valence-electron chi connectivity index (χ3n) is 4.05. The number of sulfonamides is 1. The van der Waals surface area contributed by atoms with Gasteiger partial charge in [-0.3, -0.25) is 0 Å². The summed E-state index contributed by atoms with van der Waals surface area (Å²) < 4.78 is 63.7. The molecule has 1 aliphatic rings. The molecule has 0 bridgehead atoms. The largest absolute Gasteiger partial charge is 0.223 e. The lowest BCUT2D eigenvalue weighted by Crippen LogP contribution is -2.56. The van der Waals surface area contributed by atoms with E-state index in [2.05, 4.69) is 0 Å². The van der Waals surface area contributed by atoms with Crippen molar-refractivity contribution in [2.45, 2.75) is 15.9 Å². The normalized spacial score (nSPS) is 16.6. The molecule has 0 atom stereocenters. The number of sulfone groups is 1. The summed E-state index contributed by atoms with van der Waals surface area (Å²) in [6.07, 6.45) is 0. The van der Waals surface area contributed by atoms with Crippen LogP contribution < -0.4 is 0 Å². The minimum atomic E-state index is -3.65. The highest BCUT2D eigenvalue weighted by Crippen LogP contribution is 2.27. The first-order chi connectivity index (χ1) is 11.7. The fourth-order valence-corrected chi connectivity index (χ4v) is 6.10. The third kappa shape index (κ3) is 3.87. The minimum Gasteiger partial charge on any atom is -0.223 e. The van der Waals surface area contributed by atoms with E-state index in [9.17, 15) is 21.2 Å². The van der Waals surface area contributed by atoms with Crippen LogP contribution in [0.4, 0.5) is 4.39 Å². The summed E-state index contributed by atoms with van der Waals surface area (Å²) in [5, 5.41) is -0.354. The Morgan fingerprint density at radius 2 is 1.52 bits per heavy atom. The SMILES string of the molecule is O=S(=O)(c1ccc(Cl)cc1)C1CN(S(=O)(=O)Cc2ccc(F)cc2)C1. The van der Waals surface area contributed by atoms with Crippen LogP contribution in [0.2, 0.25) is 5.02 Å². The number of hydrogen-bond acceptors (Lipinski definition) is 4. The predicted octanol–water partition coefficient (Wildman–Crippen LogP) is 2.47. The van der Waals surface area contributed by atoms with E-state index in [1.165, 1.54) is 48.5 Å². The summed E-state index contributed by atoms with van der Waals surface area (Å²) in [5.74, 6) is -0.736. The zero-order chi connectivity index (χ0) is 18.2. The van der Waals surface area contributed by atoms with Gasteiger partial charge < -0.3 is 0 Å². The molecule has 0 saturated carbocycles. The Bertz CT molecular complexity index is 968. The second kappa shape index (κ2) is 6.68. The zero-order valence-electron chi connectivity index (χ0n) is 13.0. The maximum Gasteiger partial charge on any atom is 0.218 e. The van der Waals surface area contributed by atoms with Crippen molar-refractivity contribution in [3.05, 3.63) is 64.9 Å². The highest BCUT2D eigenvalue weighted by molar-refractivity contribution is 7.92. The lowest BCUT2D eigenvalue weighted by Gasteiger charge is -2.37. The fourth-order valence-electron chi connectivity index (χ4n) is 2.52. The van der Waals surface area contributed by atoms with E-state index in [1.807, 2.05) is 0 Å². The topological polar surface area (TPSA) is 71.5 Å². The van der Waals surface area contributed by atoms with Crippen LogP contribution in [0.1, 0.15) is 5.56 Å². The van der Waals surface area contributed by atoms with E-state index in [-0.39, 0.29) is 23.7 Å². The van der Waals surface area contributed by atoms with Crippen molar-refractivity contribution >= 4 is 31.5 Å². The van der Waals surface area contributed by atoms with Crippen LogP contribution in [0.3, 0.4) is 0 Å². The van der Waals surface area contributed by atoms with Crippen molar-refractivity contribution in [1.29, 1.82) is 0 Å². The third-order valence-corrected chi connectivity index (χ3v) is 8.19. The maximum absolute atomic E-state index is 12.9. The standard InChI is InChI=1S/C16H15ClFNO4S2/c17-13-3-7-15(8-4-13)25(22,23)16-9-19(10-16)24(20,21)11-12-1-5-14(18)6-2-12/h1-8,16H,9-11H2. The second-order valence-electron chi connectivity index (χ2n) is 5.82. The fraction of sp³-hybridized carbons (Fsp3) is 0.250. The Kier molecular flexibility index (Phi) is 4.89. The smallest absolute Gasteiger partial charge is 0.218 e.